The highest BCUT2D eigenvalue weighted by Crippen LogP contribution is 2.37. The van der Waals surface area contributed by atoms with Gasteiger partial charge in [0.05, 0.1) is 10.6 Å². The van der Waals surface area contributed by atoms with Crippen molar-refractivity contribution in [2.24, 2.45) is 0 Å². The third-order valence-electron chi connectivity index (χ3n) is 4.31. The van der Waals surface area contributed by atoms with Crippen LogP contribution in [0, 0.1) is 0 Å². The Kier molecular flexibility index (Phi) is 5.35. The van der Waals surface area contributed by atoms with Crippen molar-refractivity contribution in [2.45, 2.75) is 13.8 Å². The second-order valence-corrected chi connectivity index (χ2v) is 6.63. The van der Waals surface area contributed by atoms with E-state index in [0.717, 1.165) is 5.69 Å². The standard InChI is InChI=1S/C20H18Cl2N2O2/c1-3-23(14-8-6-5-7-9-14)18-17(19(25)24(4-2)20(18)26)15-11-10-13(21)12-16(15)22/h5-12H,3-4H2,1-2H3. The van der Waals surface area contributed by atoms with Crippen LogP contribution >= 0.6 is 23.2 Å². The van der Waals surface area contributed by atoms with Crippen molar-refractivity contribution in [3.8, 4) is 0 Å². The fourth-order valence-electron chi connectivity index (χ4n) is 3.11. The molecular formula is C20H18Cl2N2O2. The van der Waals surface area contributed by atoms with E-state index in [0.29, 0.717) is 40.0 Å². The number of imide groups is 1. The molecule has 0 saturated carbocycles. The summed E-state index contributed by atoms with van der Waals surface area (Å²) in [7, 11) is 0. The van der Waals surface area contributed by atoms with Gasteiger partial charge in [0.15, 0.2) is 0 Å². The molecule has 0 unspecified atom stereocenters. The van der Waals surface area contributed by atoms with Crippen LogP contribution in [0.3, 0.4) is 0 Å². The molecule has 0 aliphatic carbocycles. The smallest absolute Gasteiger partial charge is 0.278 e. The summed E-state index contributed by atoms with van der Waals surface area (Å²) in [5, 5.41) is 0.814. The average molecular weight is 389 g/mol. The lowest BCUT2D eigenvalue weighted by Gasteiger charge is -2.24. The number of benzene rings is 2. The molecule has 0 saturated heterocycles. The van der Waals surface area contributed by atoms with Gasteiger partial charge < -0.3 is 4.90 Å². The summed E-state index contributed by atoms with van der Waals surface area (Å²) in [5.41, 5.74) is 2.00. The molecule has 0 radical (unpaired) electrons. The lowest BCUT2D eigenvalue weighted by atomic mass is 10.0. The highest BCUT2D eigenvalue weighted by molar-refractivity contribution is 6.41. The van der Waals surface area contributed by atoms with Gasteiger partial charge in [-0.15, -0.1) is 0 Å². The molecule has 1 aliphatic rings. The van der Waals surface area contributed by atoms with Crippen molar-refractivity contribution in [1.82, 2.24) is 4.90 Å². The van der Waals surface area contributed by atoms with Crippen LogP contribution < -0.4 is 4.90 Å². The van der Waals surface area contributed by atoms with E-state index in [2.05, 4.69) is 0 Å². The molecule has 0 N–H and O–H groups in total. The number of hydrogen-bond donors (Lipinski definition) is 0. The minimum absolute atomic E-state index is 0.294. The number of amides is 2. The maximum atomic E-state index is 13.0. The third kappa shape index (κ3) is 3.11. The Morgan fingerprint density at radius 3 is 2.23 bits per heavy atom. The maximum Gasteiger partial charge on any atom is 0.278 e. The summed E-state index contributed by atoms with van der Waals surface area (Å²) in [5.74, 6) is -0.657. The molecule has 0 spiro atoms. The number of halogens is 2. The van der Waals surface area contributed by atoms with Gasteiger partial charge in [0.25, 0.3) is 11.8 Å². The van der Waals surface area contributed by atoms with Crippen LogP contribution in [-0.4, -0.2) is 29.8 Å². The second-order valence-electron chi connectivity index (χ2n) is 5.78. The van der Waals surface area contributed by atoms with E-state index in [1.54, 1.807) is 25.1 Å². The molecule has 1 aliphatic heterocycles. The number of carbonyl (C=O) groups is 2. The van der Waals surface area contributed by atoms with Gasteiger partial charge in [-0.25, -0.2) is 0 Å². The largest absolute Gasteiger partial charge is 0.337 e. The van der Waals surface area contributed by atoms with Gasteiger partial charge in [0, 0.05) is 29.4 Å². The number of anilines is 1. The van der Waals surface area contributed by atoms with E-state index in [4.69, 9.17) is 23.2 Å². The highest BCUT2D eigenvalue weighted by atomic mass is 35.5. The van der Waals surface area contributed by atoms with Gasteiger partial charge in [0.1, 0.15) is 5.70 Å². The summed E-state index contributed by atoms with van der Waals surface area (Å²) >= 11 is 12.3. The molecule has 1 heterocycles. The summed E-state index contributed by atoms with van der Waals surface area (Å²) in [6.45, 7) is 4.54. The second kappa shape index (κ2) is 7.52. The fourth-order valence-corrected chi connectivity index (χ4v) is 3.62. The van der Waals surface area contributed by atoms with Crippen LogP contribution in [0.4, 0.5) is 5.69 Å². The minimum Gasteiger partial charge on any atom is -0.337 e. The average Bonchev–Trinajstić information content (AvgIpc) is 2.87. The number of hydrogen-bond acceptors (Lipinski definition) is 3. The Hall–Kier alpha value is -2.30. The number of rotatable bonds is 5. The molecule has 0 aromatic heterocycles. The van der Waals surface area contributed by atoms with Crippen molar-refractivity contribution in [1.29, 1.82) is 0 Å². The van der Waals surface area contributed by atoms with Crippen molar-refractivity contribution in [3.63, 3.8) is 0 Å². The first kappa shape index (κ1) is 18.5. The molecule has 26 heavy (non-hydrogen) atoms. The van der Waals surface area contributed by atoms with Crippen LogP contribution in [0.25, 0.3) is 5.57 Å². The number of nitrogens with zero attached hydrogens (tertiary/aromatic N) is 2. The van der Waals surface area contributed by atoms with E-state index in [1.807, 2.05) is 42.2 Å². The summed E-state index contributed by atoms with van der Waals surface area (Å²) in [4.78, 5) is 29.1. The number of para-hydroxylation sites is 1. The molecular weight excluding hydrogens is 371 g/mol. The topological polar surface area (TPSA) is 40.6 Å². The van der Waals surface area contributed by atoms with Gasteiger partial charge >= 0.3 is 0 Å². The Morgan fingerprint density at radius 1 is 0.962 bits per heavy atom. The summed E-state index contributed by atoms with van der Waals surface area (Å²) < 4.78 is 0. The van der Waals surface area contributed by atoms with Crippen molar-refractivity contribution < 1.29 is 9.59 Å². The Labute approximate surface area is 162 Å². The predicted octanol–water partition coefficient (Wildman–Crippen LogP) is 4.62. The molecule has 4 nitrogen and oxygen atoms in total. The van der Waals surface area contributed by atoms with Crippen LogP contribution in [0.2, 0.25) is 10.0 Å². The van der Waals surface area contributed by atoms with Gasteiger partial charge in [-0.05, 0) is 38.1 Å². The first-order valence-corrected chi connectivity index (χ1v) is 9.13. The molecule has 2 aromatic rings. The Balaban J connectivity index is 2.25. The normalized spacial score (nSPS) is 14.4. The summed E-state index contributed by atoms with van der Waals surface area (Å²) in [6.07, 6.45) is 0. The molecule has 0 bridgehead atoms. The van der Waals surface area contributed by atoms with Gasteiger partial charge in [0.2, 0.25) is 0 Å². The van der Waals surface area contributed by atoms with Crippen LogP contribution in [0.5, 0.6) is 0 Å². The Morgan fingerprint density at radius 2 is 1.65 bits per heavy atom. The van der Waals surface area contributed by atoms with E-state index >= 15 is 0 Å². The molecule has 3 rings (SSSR count). The zero-order chi connectivity index (χ0) is 18.8. The lowest BCUT2D eigenvalue weighted by Crippen LogP contribution is -2.35. The quantitative estimate of drug-likeness (QED) is 0.701. The third-order valence-corrected chi connectivity index (χ3v) is 4.86. The fraction of sp³-hybridized carbons (Fsp3) is 0.200. The van der Waals surface area contributed by atoms with E-state index < -0.39 is 0 Å². The van der Waals surface area contributed by atoms with Crippen LogP contribution in [0.15, 0.2) is 54.2 Å². The SMILES string of the molecule is CCN1C(=O)C(c2ccc(Cl)cc2Cl)=C(N(CC)c2ccccc2)C1=O. The first-order chi connectivity index (χ1) is 12.5. The molecule has 6 heteroatoms. The van der Waals surface area contributed by atoms with E-state index in [1.165, 1.54) is 4.90 Å². The van der Waals surface area contributed by atoms with Crippen molar-refractivity contribution in [2.75, 3.05) is 18.0 Å². The van der Waals surface area contributed by atoms with Crippen molar-refractivity contribution >= 4 is 46.3 Å². The Bertz CT molecular complexity index is 894. The van der Waals surface area contributed by atoms with Gasteiger partial charge in [-0.2, -0.15) is 0 Å². The lowest BCUT2D eigenvalue weighted by molar-refractivity contribution is -0.136. The summed E-state index contributed by atoms with van der Waals surface area (Å²) in [6, 6.07) is 14.4. The number of likely N-dealkylation sites (N-methyl/N-ethyl adjacent to an activating group) is 2. The monoisotopic (exact) mass is 388 g/mol. The predicted molar refractivity (Wildman–Crippen MR) is 105 cm³/mol. The number of carbonyl (C=O) groups excluding carboxylic acids is 2. The molecule has 134 valence electrons. The molecule has 0 fully saturated rings. The van der Waals surface area contributed by atoms with Crippen molar-refractivity contribution in [3.05, 3.63) is 69.8 Å². The highest BCUT2D eigenvalue weighted by Gasteiger charge is 2.41. The first-order valence-electron chi connectivity index (χ1n) is 8.38. The maximum absolute atomic E-state index is 13.0. The van der Waals surface area contributed by atoms with E-state index in [9.17, 15) is 9.59 Å². The zero-order valence-corrected chi connectivity index (χ0v) is 16.0. The van der Waals surface area contributed by atoms with Crippen LogP contribution in [-0.2, 0) is 9.59 Å². The zero-order valence-electron chi connectivity index (χ0n) is 14.5. The van der Waals surface area contributed by atoms with Gasteiger partial charge in [-0.1, -0.05) is 47.5 Å². The molecule has 2 amide bonds. The van der Waals surface area contributed by atoms with E-state index in [-0.39, 0.29) is 11.8 Å². The molecule has 0 atom stereocenters. The molecule has 2 aromatic carbocycles. The van der Waals surface area contributed by atoms with Gasteiger partial charge in [-0.3, -0.25) is 14.5 Å². The van der Waals surface area contributed by atoms with Crippen LogP contribution in [0.1, 0.15) is 19.4 Å². The minimum atomic E-state index is -0.342.